The van der Waals surface area contributed by atoms with E-state index in [-0.39, 0.29) is 29.1 Å². The van der Waals surface area contributed by atoms with Crippen LogP contribution in [0.5, 0.6) is 0 Å². The van der Waals surface area contributed by atoms with E-state index in [1.165, 1.54) is 12.1 Å². The number of alkyl halides is 3. The number of anilines is 1. The first kappa shape index (κ1) is 23.1. The Kier molecular flexibility index (Phi) is 6.58. The second-order valence-electron chi connectivity index (χ2n) is 6.12. The summed E-state index contributed by atoms with van der Waals surface area (Å²) in [5.41, 5.74) is -3.50. The van der Waals surface area contributed by atoms with Crippen molar-refractivity contribution in [2.24, 2.45) is 0 Å². The van der Waals surface area contributed by atoms with Gasteiger partial charge in [0, 0.05) is 6.54 Å². The highest BCUT2D eigenvalue weighted by atomic mass is 35.5. The summed E-state index contributed by atoms with van der Waals surface area (Å²) in [5, 5.41) is 10.8. The lowest BCUT2D eigenvalue weighted by molar-refractivity contribution is -0.242. The number of sulfonamides is 1. The summed E-state index contributed by atoms with van der Waals surface area (Å²) >= 11 is 5.87. The van der Waals surface area contributed by atoms with Gasteiger partial charge in [0.2, 0.25) is 15.6 Å². The summed E-state index contributed by atoms with van der Waals surface area (Å²) in [6, 6.07) is 8.01. The van der Waals surface area contributed by atoms with Gasteiger partial charge in [-0.3, -0.25) is 4.79 Å². The number of carbonyl (C=O) groups is 1. The fourth-order valence-electron chi connectivity index (χ4n) is 2.00. The topological polar surface area (TPSA) is 95.5 Å². The van der Waals surface area contributed by atoms with Gasteiger partial charge in [0.15, 0.2) is 0 Å². The number of aliphatic hydroxyl groups is 1. The number of halogens is 5. The molecule has 0 aliphatic heterocycles. The van der Waals surface area contributed by atoms with Crippen molar-refractivity contribution in [3.8, 4) is 0 Å². The first-order chi connectivity index (χ1) is 13.2. The van der Waals surface area contributed by atoms with Gasteiger partial charge in [-0.2, -0.15) is 13.2 Å². The zero-order valence-corrected chi connectivity index (χ0v) is 16.3. The average Bonchev–Trinajstić information content (AvgIpc) is 2.61. The third-order valence-electron chi connectivity index (χ3n) is 3.87. The Morgan fingerprint density at radius 3 is 2.24 bits per heavy atom. The molecule has 0 aliphatic rings. The van der Waals surface area contributed by atoms with Crippen molar-refractivity contribution in [2.45, 2.75) is 30.1 Å². The molecular weight excluding hydrogens is 440 g/mol. The molecule has 1 atom stereocenters. The normalized spacial score (nSPS) is 14.3. The molecule has 158 valence electrons. The Morgan fingerprint density at radius 2 is 1.72 bits per heavy atom. The maximum atomic E-state index is 12.9. The maximum Gasteiger partial charge on any atom is 0.426 e. The van der Waals surface area contributed by atoms with Gasteiger partial charge >= 0.3 is 6.18 Å². The Morgan fingerprint density at radius 1 is 1.14 bits per heavy atom. The van der Waals surface area contributed by atoms with Crippen LogP contribution in [-0.2, 0) is 21.4 Å². The molecule has 0 spiro atoms. The minimum absolute atomic E-state index is 0.146. The van der Waals surface area contributed by atoms with Crippen LogP contribution in [0.1, 0.15) is 12.5 Å². The van der Waals surface area contributed by atoms with Crippen molar-refractivity contribution in [2.75, 3.05) is 5.32 Å². The molecule has 0 saturated carbocycles. The minimum Gasteiger partial charge on any atom is -0.373 e. The van der Waals surface area contributed by atoms with Crippen LogP contribution in [-0.4, -0.2) is 31.2 Å². The molecule has 1 amide bonds. The van der Waals surface area contributed by atoms with Crippen molar-refractivity contribution in [3.63, 3.8) is 0 Å². The van der Waals surface area contributed by atoms with Crippen LogP contribution in [0.15, 0.2) is 47.4 Å². The predicted molar refractivity (Wildman–Crippen MR) is 97.2 cm³/mol. The molecule has 3 N–H and O–H groups in total. The van der Waals surface area contributed by atoms with Gasteiger partial charge in [0.05, 0.1) is 15.6 Å². The first-order valence-corrected chi connectivity index (χ1v) is 9.74. The zero-order chi connectivity index (χ0) is 22.0. The van der Waals surface area contributed by atoms with Crippen LogP contribution in [0.4, 0.5) is 23.2 Å². The van der Waals surface area contributed by atoms with Gasteiger partial charge in [0.25, 0.3) is 5.91 Å². The minimum atomic E-state index is -5.23. The number of carbonyl (C=O) groups excluding carboxylic acids is 1. The van der Waals surface area contributed by atoms with Crippen LogP contribution in [0.25, 0.3) is 0 Å². The van der Waals surface area contributed by atoms with E-state index in [0.717, 1.165) is 30.3 Å². The van der Waals surface area contributed by atoms with Gasteiger partial charge < -0.3 is 10.4 Å². The molecule has 2 aromatic rings. The van der Waals surface area contributed by atoms with Crippen LogP contribution in [0.3, 0.4) is 0 Å². The van der Waals surface area contributed by atoms with Gasteiger partial charge in [0.1, 0.15) is 5.82 Å². The van der Waals surface area contributed by atoms with Gasteiger partial charge in [-0.25, -0.2) is 17.5 Å². The monoisotopic (exact) mass is 454 g/mol. The predicted octanol–water partition coefficient (Wildman–Crippen LogP) is 3.21. The quantitative estimate of drug-likeness (QED) is 0.584. The highest BCUT2D eigenvalue weighted by Crippen LogP contribution is 2.32. The molecule has 6 nitrogen and oxygen atoms in total. The number of benzene rings is 2. The average molecular weight is 455 g/mol. The van der Waals surface area contributed by atoms with Crippen LogP contribution in [0, 0.1) is 5.82 Å². The van der Waals surface area contributed by atoms with Gasteiger partial charge in [-0.05, 0) is 42.8 Å². The van der Waals surface area contributed by atoms with Crippen molar-refractivity contribution >= 4 is 33.2 Å². The highest BCUT2D eigenvalue weighted by molar-refractivity contribution is 7.89. The third kappa shape index (κ3) is 5.44. The molecule has 12 heteroatoms. The van der Waals surface area contributed by atoms with Crippen molar-refractivity contribution in [1.29, 1.82) is 0 Å². The molecule has 0 fully saturated rings. The SMILES string of the molecule is C[C@@](O)(C(=O)Nc1ccc(S(=O)(=O)NCc2ccc(F)cc2)cc1Cl)C(F)(F)F. The van der Waals surface area contributed by atoms with Crippen molar-refractivity contribution < 1.29 is 35.9 Å². The highest BCUT2D eigenvalue weighted by Gasteiger charge is 2.55. The largest absolute Gasteiger partial charge is 0.426 e. The summed E-state index contributed by atoms with van der Waals surface area (Å²) in [4.78, 5) is 11.4. The van der Waals surface area contributed by atoms with E-state index in [1.807, 2.05) is 5.32 Å². The molecule has 0 heterocycles. The lowest BCUT2D eigenvalue weighted by Gasteiger charge is -2.25. The third-order valence-corrected chi connectivity index (χ3v) is 5.58. The van der Waals surface area contributed by atoms with E-state index in [4.69, 9.17) is 11.6 Å². The lowest BCUT2D eigenvalue weighted by Crippen LogP contribution is -2.52. The van der Waals surface area contributed by atoms with Crippen LogP contribution < -0.4 is 10.0 Å². The van der Waals surface area contributed by atoms with E-state index in [1.54, 1.807) is 0 Å². The summed E-state index contributed by atoms with van der Waals surface area (Å²) in [6.45, 7) is 0.127. The molecule has 0 aliphatic carbocycles. The summed E-state index contributed by atoms with van der Waals surface area (Å²) < 4.78 is 77.9. The van der Waals surface area contributed by atoms with E-state index < -0.39 is 33.5 Å². The number of rotatable bonds is 6. The number of hydrogen-bond acceptors (Lipinski definition) is 4. The first-order valence-electron chi connectivity index (χ1n) is 7.88. The molecule has 0 radical (unpaired) electrons. The van der Waals surface area contributed by atoms with Crippen LogP contribution >= 0.6 is 11.6 Å². The molecule has 0 saturated heterocycles. The van der Waals surface area contributed by atoms with Gasteiger partial charge in [-0.15, -0.1) is 0 Å². The molecule has 2 aromatic carbocycles. The van der Waals surface area contributed by atoms with Crippen molar-refractivity contribution in [1.82, 2.24) is 4.72 Å². The second-order valence-corrected chi connectivity index (χ2v) is 8.29. The molecule has 0 unspecified atom stereocenters. The number of amides is 1. The van der Waals surface area contributed by atoms with Crippen LogP contribution in [0.2, 0.25) is 5.02 Å². The summed E-state index contributed by atoms with van der Waals surface area (Å²) in [6.07, 6.45) is -5.23. The standard InChI is InChI=1S/C17H15ClF4N2O4S/c1-16(26,17(20,21)22)15(25)24-14-7-6-12(8-13(14)18)29(27,28)23-9-10-2-4-11(19)5-3-10/h2-8,23,26H,9H2,1H3,(H,24,25)/t16-/m1/s1. The Bertz CT molecular complexity index is 1010. The molecule has 0 aromatic heterocycles. The Balaban J connectivity index is 2.15. The van der Waals surface area contributed by atoms with E-state index in [0.29, 0.717) is 5.56 Å². The van der Waals surface area contributed by atoms with Gasteiger partial charge in [-0.1, -0.05) is 23.7 Å². The Labute approximate surface area is 168 Å². The lowest BCUT2D eigenvalue weighted by atomic mass is 10.1. The summed E-state index contributed by atoms with van der Waals surface area (Å²) in [7, 11) is -4.06. The fourth-order valence-corrected chi connectivity index (χ4v) is 3.34. The molecular formula is C17H15ClF4N2O4S. The summed E-state index contributed by atoms with van der Waals surface area (Å²) in [5.74, 6) is -2.26. The number of nitrogens with one attached hydrogen (secondary N) is 2. The Hall–Kier alpha value is -2.21. The molecule has 2 rings (SSSR count). The van der Waals surface area contributed by atoms with Crippen molar-refractivity contribution in [3.05, 3.63) is 58.9 Å². The van der Waals surface area contributed by atoms with E-state index in [9.17, 15) is 35.9 Å². The smallest absolute Gasteiger partial charge is 0.373 e. The zero-order valence-electron chi connectivity index (χ0n) is 14.7. The number of hydrogen-bond donors (Lipinski definition) is 3. The second kappa shape index (κ2) is 8.27. The van der Waals surface area contributed by atoms with E-state index in [2.05, 4.69) is 4.72 Å². The fraction of sp³-hybridized carbons (Fsp3) is 0.235. The van der Waals surface area contributed by atoms with E-state index >= 15 is 0 Å². The molecule has 0 bridgehead atoms. The molecule has 29 heavy (non-hydrogen) atoms. The maximum absolute atomic E-state index is 12.9.